The number of aliphatic carboxylic acids is 1. The van der Waals surface area contributed by atoms with Crippen molar-refractivity contribution in [2.24, 2.45) is 0 Å². The summed E-state index contributed by atoms with van der Waals surface area (Å²) in [5.74, 6) is -2.27. The highest BCUT2D eigenvalue weighted by atomic mass is 16.6. The van der Waals surface area contributed by atoms with Crippen molar-refractivity contribution < 1.29 is 52.7 Å². The fourth-order valence-electron chi connectivity index (χ4n) is 2.81. The number of carboxylic acids is 1. The Morgan fingerprint density at radius 2 is 1.41 bits per heavy atom. The fourth-order valence-corrected chi connectivity index (χ4v) is 2.81. The number of carbonyl (C=O) groups excluding carboxylic acids is 3. The molecular weight excluding hydrogens is 516 g/mol. The zero-order valence-electron chi connectivity index (χ0n) is 22.8. The normalized spacial score (nSPS) is 11.9. The van der Waals surface area contributed by atoms with Crippen molar-refractivity contribution in [3.05, 3.63) is 35.9 Å². The highest BCUT2D eigenvalue weighted by molar-refractivity contribution is 5.89. The SMILES string of the molecule is CC(C)(C)OC(=O)N[C@@H](CC(=O)OCc1ccccc1)C(=O)NCCOCCOCCOCCOCC(=O)O. The average Bonchev–Trinajstić information content (AvgIpc) is 2.86. The predicted octanol–water partition coefficient (Wildman–Crippen LogP) is 1.28. The van der Waals surface area contributed by atoms with Crippen LogP contribution in [0.25, 0.3) is 0 Å². The van der Waals surface area contributed by atoms with E-state index < -0.39 is 35.6 Å². The van der Waals surface area contributed by atoms with E-state index in [1.807, 2.05) is 18.2 Å². The maximum absolute atomic E-state index is 12.7. The average molecular weight is 557 g/mol. The maximum Gasteiger partial charge on any atom is 0.408 e. The molecule has 0 aliphatic heterocycles. The first-order valence-electron chi connectivity index (χ1n) is 12.6. The molecule has 13 heteroatoms. The number of amides is 2. The van der Waals surface area contributed by atoms with Gasteiger partial charge in [0.05, 0.1) is 52.7 Å². The summed E-state index contributed by atoms with van der Waals surface area (Å²) in [4.78, 5) is 47.5. The highest BCUT2D eigenvalue weighted by Gasteiger charge is 2.27. The molecule has 39 heavy (non-hydrogen) atoms. The Hall–Kier alpha value is -3.26. The second-order valence-electron chi connectivity index (χ2n) is 9.12. The predicted molar refractivity (Wildman–Crippen MR) is 138 cm³/mol. The first-order valence-corrected chi connectivity index (χ1v) is 12.6. The minimum atomic E-state index is -1.19. The first-order chi connectivity index (χ1) is 18.6. The lowest BCUT2D eigenvalue weighted by atomic mass is 10.2. The van der Waals surface area contributed by atoms with E-state index in [9.17, 15) is 19.2 Å². The molecule has 0 saturated heterocycles. The number of esters is 1. The van der Waals surface area contributed by atoms with E-state index in [-0.39, 0.29) is 52.6 Å². The zero-order valence-corrected chi connectivity index (χ0v) is 22.8. The molecule has 0 saturated carbocycles. The lowest BCUT2D eigenvalue weighted by molar-refractivity contribution is -0.147. The van der Waals surface area contributed by atoms with Gasteiger partial charge in [0.25, 0.3) is 0 Å². The Morgan fingerprint density at radius 1 is 0.846 bits per heavy atom. The molecule has 0 radical (unpaired) electrons. The van der Waals surface area contributed by atoms with Gasteiger partial charge in [0.15, 0.2) is 0 Å². The smallest absolute Gasteiger partial charge is 0.408 e. The van der Waals surface area contributed by atoms with Crippen molar-refractivity contribution in [3.63, 3.8) is 0 Å². The molecule has 0 aromatic heterocycles. The summed E-state index contributed by atoms with van der Waals surface area (Å²) in [6.07, 6.45) is -1.20. The van der Waals surface area contributed by atoms with Gasteiger partial charge in [-0.25, -0.2) is 9.59 Å². The minimum absolute atomic E-state index is 0.0453. The molecule has 0 spiro atoms. The van der Waals surface area contributed by atoms with Gasteiger partial charge >= 0.3 is 18.0 Å². The second kappa shape index (κ2) is 19.8. The Bertz CT molecular complexity index is 859. The summed E-state index contributed by atoms with van der Waals surface area (Å²) in [5, 5.41) is 13.5. The lowest BCUT2D eigenvalue weighted by Gasteiger charge is -2.23. The van der Waals surface area contributed by atoms with Crippen molar-refractivity contribution in [3.8, 4) is 0 Å². The van der Waals surface area contributed by atoms with Crippen LogP contribution in [0, 0.1) is 0 Å². The number of ether oxygens (including phenoxy) is 6. The van der Waals surface area contributed by atoms with Gasteiger partial charge in [-0.15, -0.1) is 0 Å². The Morgan fingerprint density at radius 3 is 1.97 bits per heavy atom. The van der Waals surface area contributed by atoms with Crippen LogP contribution in [0.5, 0.6) is 0 Å². The molecule has 1 rings (SSSR count). The van der Waals surface area contributed by atoms with Crippen LogP contribution >= 0.6 is 0 Å². The van der Waals surface area contributed by atoms with E-state index in [2.05, 4.69) is 10.6 Å². The van der Waals surface area contributed by atoms with Gasteiger partial charge < -0.3 is 44.2 Å². The Balaban J connectivity index is 2.28. The Kier molecular flexibility index (Phi) is 17.1. The van der Waals surface area contributed by atoms with Gasteiger partial charge in [0.1, 0.15) is 24.9 Å². The largest absolute Gasteiger partial charge is 0.480 e. The van der Waals surface area contributed by atoms with Gasteiger partial charge in [0, 0.05) is 6.54 Å². The molecule has 1 aromatic carbocycles. The molecular formula is C26H40N2O11. The number of rotatable bonds is 20. The standard InChI is InChI=1S/C26H40N2O11/c1-26(2,3)39-25(33)28-21(17-23(31)38-18-20-7-5-4-6-8-20)24(32)27-9-10-34-11-12-35-13-14-36-15-16-37-19-22(29)30/h4-8,21H,9-19H2,1-3H3,(H,27,32)(H,28,33)(H,29,30)/t21-/m0/s1. The van der Waals surface area contributed by atoms with Gasteiger partial charge in [-0.1, -0.05) is 30.3 Å². The molecule has 2 amide bonds. The third kappa shape index (κ3) is 19.5. The van der Waals surface area contributed by atoms with Crippen LogP contribution in [0.15, 0.2) is 30.3 Å². The van der Waals surface area contributed by atoms with Crippen molar-refractivity contribution in [2.45, 2.75) is 45.4 Å². The van der Waals surface area contributed by atoms with Crippen LogP contribution in [0.4, 0.5) is 4.79 Å². The third-order valence-corrected chi connectivity index (χ3v) is 4.51. The minimum Gasteiger partial charge on any atom is -0.480 e. The third-order valence-electron chi connectivity index (χ3n) is 4.51. The topological polar surface area (TPSA) is 168 Å². The van der Waals surface area contributed by atoms with E-state index in [1.165, 1.54) is 0 Å². The van der Waals surface area contributed by atoms with Gasteiger partial charge in [-0.2, -0.15) is 0 Å². The van der Waals surface area contributed by atoms with Gasteiger partial charge in [-0.05, 0) is 26.3 Å². The number of carbonyl (C=O) groups is 4. The summed E-state index contributed by atoms with van der Waals surface area (Å²) >= 11 is 0. The molecule has 1 aromatic rings. The van der Waals surface area contributed by atoms with Crippen LogP contribution in [0.3, 0.4) is 0 Å². The van der Waals surface area contributed by atoms with E-state index >= 15 is 0 Å². The van der Waals surface area contributed by atoms with Crippen molar-refractivity contribution >= 4 is 23.9 Å². The summed E-state index contributed by atoms with van der Waals surface area (Å²) in [7, 11) is 0. The van der Waals surface area contributed by atoms with E-state index in [0.717, 1.165) is 5.56 Å². The molecule has 3 N–H and O–H groups in total. The number of alkyl carbamates (subject to hydrolysis) is 1. The number of nitrogens with one attached hydrogen (secondary N) is 2. The first kappa shape index (κ1) is 33.8. The zero-order chi connectivity index (χ0) is 28.9. The number of carboxylic acid groups (broad SMARTS) is 1. The molecule has 0 aliphatic rings. The molecule has 1 atom stereocenters. The van der Waals surface area contributed by atoms with E-state index in [0.29, 0.717) is 19.8 Å². The molecule has 0 aliphatic carbocycles. The Labute approximate surface area is 228 Å². The van der Waals surface area contributed by atoms with Gasteiger partial charge in [0.2, 0.25) is 5.91 Å². The molecule has 0 unspecified atom stereocenters. The van der Waals surface area contributed by atoms with Crippen LogP contribution in [0.2, 0.25) is 0 Å². The van der Waals surface area contributed by atoms with Crippen LogP contribution in [-0.2, 0) is 49.4 Å². The maximum atomic E-state index is 12.7. The summed E-state index contributed by atoms with van der Waals surface area (Å²) < 4.78 is 31.2. The van der Waals surface area contributed by atoms with E-state index in [4.69, 9.17) is 33.5 Å². The van der Waals surface area contributed by atoms with Crippen LogP contribution < -0.4 is 10.6 Å². The van der Waals surface area contributed by atoms with Crippen molar-refractivity contribution in [1.29, 1.82) is 0 Å². The number of benzene rings is 1. The van der Waals surface area contributed by atoms with E-state index in [1.54, 1.807) is 32.9 Å². The lowest BCUT2D eigenvalue weighted by Crippen LogP contribution is -2.49. The van der Waals surface area contributed by atoms with Crippen LogP contribution in [-0.4, -0.2) is 100 Å². The highest BCUT2D eigenvalue weighted by Crippen LogP contribution is 2.08. The van der Waals surface area contributed by atoms with Crippen LogP contribution in [0.1, 0.15) is 32.8 Å². The number of hydrogen-bond acceptors (Lipinski definition) is 10. The fraction of sp³-hybridized carbons (Fsp3) is 0.615. The molecule has 0 fully saturated rings. The molecule has 13 nitrogen and oxygen atoms in total. The molecule has 0 heterocycles. The number of hydrogen-bond donors (Lipinski definition) is 3. The summed E-state index contributed by atoms with van der Waals surface area (Å²) in [6, 6.07) is 7.89. The molecule has 220 valence electrons. The van der Waals surface area contributed by atoms with Crippen molar-refractivity contribution in [1.82, 2.24) is 10.6 Å². The van der Waals surface area contributed by atoms with Crippen molar-refractivity contribution in [2.75, 3.05) is 59.4 Å². The quantitative estimate of drug-likeness (QED) is 0.156. The second-order valence-corrected chi connectivity index (χ2v) is 9.12. The van der Waals surface area contributed by atoms with Gasteiger partial charge in [-0.3, -0.25) is 9.59 Å². The summed E-state index contributed by atoms with van der Waals surface area (Å²) in [6.45, 7) is 6.76. The monoisotopic (exact) mass is 556 g/mol. The summed E-state index contributed by atoms with van der Waals surface area (Å²) in [5.41, 5.74) is 0.0142. The molecule has 0 bridgehead atoms.